The largest absolute Gasteiger partial charge is 0.472 e. The highest BCUT2D eigenvalue weighted by Crippen LogP contribution is 2.41. The van der Waals surface area contributed by atoms with Gasteiger partial charge >= 0.3 is 0 Å². The molecule has 0 spiro atoms. The number of aromatic nitrogens is 3. The van der Waals surface area contributed by atoms with Gasteiger partial charge in [0.1, 0.15) is 12.6 Å². The van der Waals surface area contributed by atoms with Crippen LogP contribution in [0.25, 0.3) is 0 Å². The fourth-order valence-corrected chi connectivity index (χ4v) is 3.05. The van der Waals surface area contributed by atoms with Gasteiger partial charge in [-0.3, -0.25) is 4.79 Å². The summed E-state index contributed by atoms with van der Waals surface area (Å²) < 4.78 is 34.6. The Hall–Kier alpha value is -2.25. The van der Waals surface area contributed by atoms with Crippen LogP contribution >= 0.6 is 0 Å². The molecule has 1 saturated carbocycles. The molecule has 1 aliphatic carbocycles. The number of hydrogen-bond donors (Lipinski definition) is 0. The van der Waals surface area contributed by atoms with Crippen LogP contribution in [0.1, 0.15) is 41.5 Å². The van der Waals surface area contributed by atoms with E-state index < -0.39 is 30.8 Å². The predicted molar refractivity (Wildman–Crippen MR) is 74.8 cm³/mol. The molecule has 6 nitrogen and oxygen atoms in total. The summed E-state index contributed by atoms with van der Waals surface area (Å²) >= 11 is 0. The van der Waals surface area contributed by atoms with Crippen LogP contribution in [0.2, 0.25) is 0 Å². The third-order valence-corrected chi connectivity index (χ3v) is 4.39. The second kappa shape index (κ2) is 5.14. The highest BCUT2D eigenvalue weighted by Gasteiger charge is 2.49. The first kappa shape index (κ1) is 14.3. The van der Waals surface area contributed by atoms with E-state index in [0.717, 1.165) is 19.4 Å². The van der Waals surface area contributed by atoms with Gasteiger partial charge in [-0.15, -0.1) is 10.2 Å². The van der Waals surface area contributed by atoms with Crippen LogP contribution in [0.3, 0.4) is 0 Å². The van der Waals surface area contributed by atoms with E-state index in [0.29, 0.717) is 11.7 Å². The van der Waals surface area contributed by atoms with Crippen LogP contribution in [0, 0.1) is 5.92 Å². The van der Waals surface area contributed by atoms with Crippen molar-refractivity contribution in [3.63, 3.8) is 0 Å². The zero-order valence-electron chi connectivity index (χ0n) is 12.4. The lowest BCUT2D eigenvalue weighted by Crippen LogP contribution is -2.33. The van der Waals surface area contributed by atoms with Crippen LogP contribution < -0.4 is 0 Å². The van der Waals surface area contributed by atoms with Crippen LogP contribution in [-0.4, -0.2) is 38.0 Å². The maximum Gasteiger partial charge on any atom is 0.267 e. The van der Waals surface area contributed by atoms with Crippen molar-refractivity contribution in [2.24, 2.45) is 5.92 Å². The summed E-state index contributed by atoms with van der Waals surface area (Å²) in [5, 5.41) is 7.88. The van der Waals surface area contributed by atoms with Crippen molar-refractivity contribution in [1.29, 1.82) is 0 Å². The van der Waals surface area contributed by atoms with Gasteiger partial charge in [-0.05, 0) is 24.8 Å². The number of amides is 1. The molecule has 0 unspecified atom stereocenters. The number of carbonyl (C=O) groups is 1. The second-order valence-electron chi connectivity index (χ2n) is 6.31. The lowest BCUT2D eigenvalue weighted by atomic mass is 10.1. The first-order valence-electron chi connectivity index (χ1n) is 7.62. The summed E-state index contributed by atoms with van der Waals surface area (Å²) in [7, 11) is 0. The summed E-state index contributed by atoms with van der Waals surface area (Å²) in [5.74, 6) is -2.40. The number of alkyl halides is 2. The number of carbonyl (C=O) groups excluding carboxylic acids is 1. The van der Waals surface area contributed by atoms with Crippen molar-refractivity contribution in [3.05, 3.63) is 36.3 Å². The van der Waals surface area contributed by atoms with Gasteiger partial charge in [-0.1, -0.05) is 0 Å². The third kappa shape index (κ3) is 2.73. The highest BCUT2D eigenvalue weighted by atomic mass is 19.3. The van der Waals surface area contributed by atoms with E-state index in [9.17, 15) is 13.6 Å². The Morgan fingerprint density at radius 1 is 1.43 bits per heavy atom. The number of furan rings is 1. The molecule has 23 heavy (non-hydrogen) atoms. The van der Waals surface area contributed by atoms with Crippen LogP contribution in [-0.2, 0) is 6.54 Å². The van der Waals surface area contributed by atoms with Crippen molar-refractivity contribution in [1.82, 2.24) is 19.7 Å². The Kier molecular flexibility index (Phi) is 3.21. The first-order chi connectivity index (χ1) is 11.0. The van der Waals surface area contributed by atoms with Crippen molar-refractivity contribution in [3.8, 4) is 0 Å². The lowest BCUT2D eigenvalue weighted by molar-refractivity contribution is 0.0117. The lowest BCUT2D eigenvalue weighted by Gasteiger charge is -2.23. The number of rotatable bonds is 4. The average Bonchev–Trinajstić information content (AvgIpc) is 2.94. The zero-order valence-corrected chi connectivity index (χ0v) is 12.4. The fourth-order valence-electron chi connectivity index (χ4n) is 3.05. The monoisotopic (exact) mass is 322 g/mol. The number of hydrogen-bond acceptors (Lipinski definition) is 4. The number of likely N-dealkylation sites (tertiary alicyclic amines) is 1. The van der Waals surface area contributed by atoms with Gasteiger partial charge in [0.2, 0.25) is 0 Å². The van der Waals surface area contributed by atoms with Crippen molar-refractivity contribution in [2.45, 2.75) is 37.8 Å². The second-order valence-corrected chi connectivity index (χ2v) is 6.31. The summed E-state index contributed by atoms with van der Waals surface area (Å²) in [6.45, 7) is 0.107. The molecule has 0 N–H and O–H groups in total. The van der Waals surface area contributed by atoms with Crippen molar-refractivity contribution < 1.29 is 18.0 Å². The van der Waals surface area contributed by atoms with Crippen LogP contribution in [0.15, 0.2) is 29.3 Å². The van der Waals surface area contributed by atoms with E-state index in [1.54, 1.807) is 10.9 Å². The van der Waals surface area contributed by atoms with E-state index in [-0.39, 0.29) is 5.56 Å². The molecule has 1 amide bonds. The Morgan fingerprint density at radius 2 is 2.26 bits per heavy atom. The molecular weight excluding hydrogens is 306 g/mol. The molecular formula is C15H16F2N4O2. The SMILES string of the molecule is O=C(c1ccoc1)N1CC(F)(F)C[C@H]1c1nncn1CC1CC1. The molecule has 122 valence electrons. The quantitative estimate of drug-likeness (QED) is 0.867. The minimum absolute atomic E-state index is 0.265. The minimum Gasteiger partial charge on any atom is -0.472 e. The van der Waals surface area contributed by atoms with Crippen molar-refractivity contribution in [2.75, 3.05) is 6.54 Å². The zero-order chi connectivity index (χ0) is 16.0. The molecule has 1 atom stereocenters. The molecule has 4 rings (SSSR count). The molecule has 3 heterocycles. The van der Waals surface area contributed by atoms with Gasteiger partial charge in [-0.2, -0.15) is 0 Å². The number of nitrogens with zero attached hydrogens (tertiary/aromatic N) is 4. The normalized spacial score (nSPS) is 23.4. The van der Waals surface area contributed by atoms with Gasteiger partial charge in [0, 0.05) is 13.0 Å². The minimum atomic E-state index is -2.93. The van der Waals surface area contributed by atoms with Gasteiger partial charge in [0.25, 0.3) is 11.8 Å². The van der Waals surface area contributed by atoms with E-state index in [1.165, 1.54) is 23.5 Å². The Labute approximate surface area is 131 Å². The van der Waals surface area contributed by atoms with E-state index in [1.807, 2.05) is 0 Å². The van der Waals surface area contributed by atoms with Gasteiger partial charge < -0.3 is 13.9 Å². The molecule has 2 fully saturated rings. The first-order valence-corrected chi connectivity index (χ1v) is 7.62. The molecule has 0 bridgehead atoms. The van der Waals surface area contributed by atoms with Gasteiger partial charge in [-0.25, -0.2) is 8.78 Å². The molecule has 2 aliphatic rings. The highest BCUT2D eigenvalue weighted by molar-refractivity contribution is 5.94. The van der Waals surface area contributed by atoms with E-state index in [2.05, 4.69) is 10.2 Å². The molecule has 0 aromatic carbocycles. The average molecular weight is 322 g/mol. The molecule has 0 radical (unpaired) electrons. The molecule has 2 aromatic heterocycles. The summed E-state index contributed by atoms with van der Waals surface area (Å²) in [5.41, 5.74) is 0.265. The van der Waals surface area contributed by atoms with E-state index in [4.69, 9.17) is 4.42 Å². The Balaban J connectivity index is 1.64. The summed E-state index contributed by atoms with van der Waals surface area (Å²) in [4.78, 5) is 13.7. The van der Waals surface area contributed by atoms with Crippen LogP contribution in [0.5, 0.6) is 0 Å². The standard InChI is InChI=1S/C15H16F2N4O2/c16-15(17)5-12(13-19-18-9-20(13)6-10-1-2-10)21(8-15)14(22)11-3-4-23-7-11/h3-4,7,9-10,12H,1-2,5-6,8H2/t12-/m0/s1. The molecule has 2 aromatic rings. The topological polar surface area (TPSA) is 64.2 Å². The summed E-state index contributed by atoms with van der Waals surface area (Å²) in [6, 6.07) is 0.707. The molecule has 1 aliphatic heterocycles. The van der Waals surface area contributed by atoms with Crippen molar-refractivity contribution >= 4 is 5.91 Å². The van der Waals surface area contributed by atoms with Crippen LogP contribution in [0.4, 0.5) is 8.78 Å². The van der Waals surface area contributed by atoms with Gasteiger partial charge in [0.05, 0.1) is 24.4 Å². The maximum atomic E-state index is 14.0. The smallest absolute Gasteiger partial charge is 0.267 e. The maximum absolute atomic E-state index is 14.0. The fraction of sp³-hybridized carbons (Fsp3) is 0.533. The third-order valence-electron chi connectivity index (χ3n) is 4.39. The van der Waals surface area contributed by atoms with Gasteiger partial charge in [0.15, 0.2) is 5.82 Å². The predicted octanol–water partition coefficient (Wildman–Crippen LogP) is 2.50. The molecule has 8 heteroatoms. The summed E-state index contributed by atoms with van der Waals surface area (Å²) in [6.07, 6.45) is 6.02. The van der Waals surface area contributed by atoms with E-state index >= 15 is 0 Å². The molecule has 1 saturated heterocycles. The number of halogens is 2. The Morgan fingerprint density at radius 3 is 2.96 bits per heavy atom. The Bertz CT molecular complexity index is 709.